The molecule has 2 atom stereocenters. The van der Waals surface area contributed by atoms with Gasteiger partial charge in [0, 0.05) is 11.6 Å². The fraction of sp³-hybridized carbons (Fsp3) is 0.409. The van der Waals surface area contributed by atoms with Crippen molar-refractivity contribution < 1.29 is 32.2 Å². The van der Waals surface area contributed by atoms with E-state index in [9.17, 15) is 13.2 Å². The third-order valence-electron chi connectivity index (χ3n) is 4.97. The number of anilines is 1. The molecular formula is C22H30N2O7S. The second kappa shape index (κ2) is 10.4. The van der Waals surface area contributed by atoms with Crippen LogP contribution in [-0.2, 0) is 14.8 Å². The van der Waals surface area contributed by atoms with Gasteiger partial charge in [-0.2, -0.15) is 0 Å². The summed E-state index contributed by atoms with van der Waals surface area (Å²) in [6, 6.07) is 8.43. The van der Waals surface area contributed by atoms with Gasteiger partial charge in [-0.15, -0.1) is 0 Å². The first kappa shape index (κ1) is 25.1. The number of nitrogens with one attached hydrogen (secondary N) is 1. The van der Waals surface area contributed by atoms with Crippen LogP contribution >= 0.6 is 0 Å². The maximum absolute atomic E-state index is 13.1. The molecule has 176 valence electrons. The van der Waals surface area contributed by atoms with Crippen LogP contribution in [0.3, 0.4) is 0 Å². The van der Waals surface area contributed by atoms with Gasteiger partial charge in [0.2, 0.25) is 15.9 Å². The van der Waals surface area contributed by atoms with E-state index in [0.29, 0.717) is 28.6 Å². The molecule has 0 saturated carbocycles. The number of rotatable bonds is 10. The highest BCUT2D eigenvalue weighted by Crippen LogP contribution is 2.35. The number of nitrogens with zero attached hydrogens (tertiary/aromatic N) is 1. The van der Waals surface area contributed by atoms with Crippen molar-refractivity contribution in [1.82, 2.24) is 5.32 Å². The monoisotopic (exact) mass is 466 g/mol. The topological polar surface area (TPSA) is 103 Å². The van der Waals surface area contributed by atoms with Crippen molar-refractivity contribution >= 4 is 21.6 Å². The van der Waals surface area contributed by atoms with E-state index in [4.69, 9.17) is 18.9 Å². The molecule has 0 aliphatic heterocycles. The number of benzene rings is 2. The van der Waals surface area contributed by atoms with Crippen molar-refractivity contribution in [1.29, 1.82) is 0 Å². The van der Waals surface area contributed by atoms with E-state index in [1.165, 1.54) is 34.3 Å². The summed E-state index contributed by atoms with van der Waals surface area (Å²) in [5.41, 5.74) is 0.890. The molecule has 2 aromatic carbocycles. The Labute approximate surface area is 189 Å². The van der Waals surface area contributed by atoms with Crippen LogP contribution in [-0.4, -0.2) is 55.1 Å². The first-order valence-electron chi connectivity index (χ1n) is 9.81. The van der Waals surface area contributed by atoms with E-state index in [0.717, 1.165) is 10.6 Å². The summed E-state index contributed by atoms with van der Waals surface area (Å²) in [4.78, 5) is 13.1. The van der Waals surface area contributed by atoms with Gasteiger partial charge < -0.3 is 24.3 Å². The van der Waals surface area contributed by atoms with E-state index in [1.807, 2.05) is 0 Å². The van der Waals surface area contributed by atoms with E-state index < -0.39 is 28.0 Å². The summed E-state index contributed by atoms with van der Waals surface area (Å²) >= 11 is 0. The Morgan fingerprint density at radius 3 is 1.91 bits per heavy atom. The lowest BCUT2D eigenvalue weighted by molar-refractivity contribution is -0.122. The first-order valence-corrected chi connectivity index (χ1v) is 11.7. The molecule has 0 spiro atoms. The van der Waals surface area contributed by atoms with Gasteiger partial charge in [0.1, 0.15) is 29.0 Å². The molecule has 0 aliphatic rings. The third kappa shape index (κ3) is 5.56. The van der Waals surface area contributed by atoms with E-state index in [2.05, 4.69) is 5.32 Å². The average Bonchev–Trinajstić information content (AvgIpc) is 2.77. The highest BCUT2D eigenvalue weighted by molar-refractivity contribution is 7.92. The molecule has 1 N–H and O–H groups in total. The Kier molecular flexibility index (Phi) is 8.20. The van der Waals surface area contributed by atoms with Crippen LogP contribution in [0.5, 0.6) is 23.0 Å². The molecule has 0 radical (unpaired) electrons. The molecule has 0 saturated heterocycles. The van der Waals surface area contributed by atoms with E-state index in [-0.39, 0.29) is 5.69 Å². The SMILES string of the molecule is COc1ccc(OC)c([C@@H](C)NC(=O)[C@@H](C)N(c2cc(OC)ccc2OC)S(C)(=O)=O)c1. The summed E-state index contributed by atoms with van der Waals surface area (Å²) in [7, 11) is 2.12. The molecule has 2 rings (SSSR count). The molecule has 0 unspecified atom stereocenters. The van der Waals surface area contributed by atoms with E-state index >= 15 is 0 Å². The number of hydrogen-bond donors (Lipinski definition) is 1. The van der Waals surface area contributed by atoms with Gasteiger partial charge in [0.25, 0.3) is 0 Å². The summed E-state index contributed by atoms with van der Waals surface area (Å²) in [5, 5.41) is 2.86. The van der Waals surface area contributed by atoms with Crippen molar-refractivity contribution in [3.8, 4) is 23.0 Å². The zero-order valence-electron chi connectivity index (χ0n) is 19.3. The number of sulfonamides is 1. The van der Waals surface area contributed by atoms with Crippen LogP contribution in [0.4, 0.5) is 5.69 Å². The standard InChI is InChI=1S/C22H30N2O7S/c1-14(18-12-16(28-3)8-10-20(18)30-5)23-22(25)15(2)24(32(7,26)27)19-13-17(29-4)9-11-21(19)31-6/h8-15H,1-7H3,(H,23,25)/t14-,15-/m1/s1. The molecule has 0 bridgehead atoms. The Hall–Kier alpha value is -3.14. The fourth-order valence-electron chi connectivity index (χ4n) is 3.34. The number of carbonyl (C=O) groups excluding carboxylic acids is 1. The average molecular weight is 467 g/mol. The van der Waals surface area contributed by atoms with Crippen LogP contribution < -0.4 is 28.6 Å². The molecule has 0 aromatic heterocycles. The van der Waals surface area contributed by atoms with Crippen molar-refractivity contribution in [3.05, 3.63) is 42.0 Å². The molecule has 2 aromatic rings. The summed E-state index contributed by atoms with van der Waals surface area (Å²) in [5.74, 6) is 1.39. The number of amides is 1. The normalized spacial score (nSPS) is 13.0. The fourth-order valence-corrected chi connectivity index (χ4v) is 4.51. The lowest BCUT2D eigenvalue weighted by Crippen LogP contribution is -2.48. The first-order chi connectivity index (χ1) is 15.1. The van der Waals surface area contributed by atoms with Gasteiger partial charge >= 0.3 is 0 Å². The minimum atomic E-state index is -3.85. The summed E-state index contributed by atoms with van der Waals surface area (Å²) in [6.45, 7) is 3.28. The molecule has 9 nitrogen and oxygen atoms in total. The third-order valence-corrected chi connectivity index (χ3v) is 6.20. The van der Waals surface area contributed by atoms with Gasteiger partial charge in [-0.25, -0.2) is 8.42 Å². The second-order valence-corrected chi connectivity index (χ2v) is 8.97. The van der Waals surface area contributed by atoms with Crippen molar-refractivity contribution in [2.45, 2.75) is 25.9 Å². The van der Waals surface area contributed by atoms with Gasteiger partial charge in [-0.1, -0.05) is 0 Å². The van der Waals surface area contributed by atoms with Crippen LogP contribution in [0.2, 0.25) is 0 Å². The molecule has 1 amide bonds. The quantitative estimate of drug-likeness (QED) is 0.574. The number of ether oxygens (including phenoxy) is 4. The predicted molar refractivity (Wildman–Crippen MR) is 122 cm³/mol. The Morgan fingerprint density at radius 1 is 0.875 bits per heavy atom. The van der Waals surface area contributed by atoms with Crippen molar-refractivity contribution in [2.75, 3.05) is 39.0 Å². The van der Waals surface area contributed by atoms with E-state index in [1.54, 1.807) is 44.4 Å². The molecule has 10 heteroatoms. The van der Waals surface area contributed by atoms with Gasteiger partial charge in [0.15, 0.2) is 0 Å². The zero-order chi connectivity index (χ0) is 24.1. The predicted octanol–water partition coefficient (Wildman–Crippen LogP) is 2.75. The number of methoxy groups -OCH3 is 4. The molecule has 32 heavy (non-hydrogen) atoms. The second-order valence-electron chi connectivity index (χ2n) is 7.11. The Bertz CT molecular complexity index is 1060. The lowest BCUT2D eigenvalue weighted by atomic mass is 10.1. The molecule has 0 aliphatic carbocycles. The van der Waals surface area contributed by atoms with Crippen LogP contribution in [0.15, 0.2) is 36.4 Å². The molecule has 0 heterocycles. The summed E-state index contributed by atoms with van der Waals surface area (Å²) < 4.78 is 47.6. The lowest BCUT2D eigenvalue weighted by Gasteiger charge is -2.30. The molecule has 0 fully saturated rings. The van der Waals surface area contributed by atoms with Gasteiger partial charge in [-0.05, 0) is 44.2 Å². The molecular weight excluding hydrogens is 436 g/mol. The van der Waals surface area contributed by atoms with Gasteiger partial charge in [-0.3, -0.25) is 9.10 Å². The summed E-state index contributed by atoms with van der Waals surface area (Å²) in [6.07, 6.45) is 1.03. The maximum Gasteiger partial charge on any atom is 0.244 e. The smallest absolute Gasteiger partial charge is 0.244 e. The maximum atomic E-state index is 13.1. The minimum Gasteiger partial charge on any atom is -0.497 e. The zero-order valence-corrected chi connectivity index (χ0v) is 20.1. The van der Waals surface area contributed by atoms with Gasteiger partial charge in [0.05, 0.1) is 46.4 Å². The van der Waals surface area contributed by atoms with Crippen LogP contribution in [0.25, 0.3) is 0 Å². The number of hydrogen-bond acceptors (Lipinski definition) is 7. The Morgan fingerprint density at radius 2 is 1.41 bits per heavy atom. The number of carbonyl (C=O) groups is 1. The minimum absolute atomic E-state index is 0.198. The van der Waals surface area contributed by atoms with Crippen LogP contribution in [0.1, 0.15) is 25.5 Å². The Balaban J connectivity index is 2.40. The highest BCUT2D eigenvalue weighted by atomic mass is 32.2. The highest BCUT2D eigenvalue weighted by Gasteiger charge is 2.32. The van der Waals surface area contributed by atoms with Crippen molar-refractivity contribution in [2.24, 2.45) is 0 Å². The van der Waals surface area contributed by atoms with Crippen molar-refractivity contribution in [3.63, 3.8) is 0 Å². The van der Waals surface area contributed by atoms with Crippen LogP contribution in [0, 0.1) is 0 Å². The largest absolute Gasteiger partial charge is 0.497 e.